The molecule has 0 aliphatic heterocycles. The van der Waals surface area contributed by atoms with Gasteiger partial charge in [0.25, 0.3) is 0 Å². The molecule has 0 fully saturated rings. The Kier molecular flexibility index (Phi) is 5.16. The molecule has 2 aromatic rings. The van der Waals surface area contributed by atoms with Crippen LogP contribution in [-0.2, 0) is 16.1 Å². The second kappa shape index (κ2) is 7.08. The van der Waals surface area contributed by atoms with Crippen molar-refractivity contribution in [1.29, 1.82) is 0 Å². The van der Waals surface area contributed by atoms with E-state index in [2.05, 4.69) is 15.9 Å². The van der Waals surface area contributed by atoms with Crippen LogP contribution in [0.5, 0.6) is 5.75 Å². The minimum Gasteiger partial charge on any atom is -0.480 e. The van der Waals surface area contributed by atoms with Crippen LogP contribution in [0.1, 0.15) is 5.56 Å². The Balaban J connectivity index is 1.84. The number of nitrogens with two attached hydrogens (primary N) is 1. The van der Waals surface area contributed by atoms with Gasteiger partial charge in [0.2, 0.25) is 0 Å². The predicted molar refractivity (Wildman–Crippen MR) is 80.2 cm³/mol. The van der Waals surface area contributed by atoms with E-state index in [0.717, 1.165) is 0 Å². The molecule has 0 saturated carbocycles. The van der Waals surface area contributed by atoms with Crippen LogP contribution in [0, 0.1) is 5.82 Å². The number of hydrogen-bond acceptors (Lipinski definition) is 4. The summed E-state index contributed by atoms with van der Waals surface area (Å²) in [4.78, 5) is 11.6. The largest absolute Gasteiger partial charge is 0.480 e. The minimum absolute atomic E-state index is 0.0250. The van der Waals surface area contributed by atoms with Gasteiger partial charge in [-0.05, 0) is 35.9 Å². The van der Waals surface area contributed by atoms with E-state index in [1.807, 2.05) is 0 Å². The zero-order valence-electron chi connectivity index (χ0n) is 11.0. The molecule has 0 aliphatic carbocycles. The van der Waals surface area contributed by atoms with Crippen molar-refractivity contribution in [3.8, 4) is 5.75 Å². The van der Waals surface area contributed by atoms with Crippen LogP contribution in [0.2, 0.25) is 0 Å². The zero-order valence-corrected chi connectivity index (χ0v) is 12.6. The van der Waals surface area contributed by atoms with Crippen LogP contribution in [0.25, 0.3) is 0 Å². The Bertz CT molecular complexity index is 628. The van der Waals surface area contributed by atoms with E-state index in [1.54, 1.807) is 30.3 Å². The number of benzene rings is 2. The van der Waals surface area contributed by atoms with E-state index in [1.165, 1.54) is 12.1 Å². The SMILES string of the molecule is Nc1ccccc1OCC(=O)OCc1cc(F)cc(Br)c1. The second-order valence-electron chi connectivity index (χ2n) is 4.26. The number of esters is 1. The Hall–Kier alpha value is -2.08. The lowest BCUT2D eigenvalue weighted by Gasteiger charge is -2.09. The molecule has 21 heavy (non-hydrogen) atoms. The average Bonchev–Trinajstić information content (AvgIpc) is 2.43. The standard InChI is InChI=1S/C15H13BrFNO3/c16-11-5-10(6-12(17)7-11)8-21-15(19)9-20-14-4-2-1-3-13(14)18/h1-7H,8-9,18H2. The summed E-state index contributed by atoms with van der Waals surface area (Å²) in [6.07, 6.45) is 0. The summed E-state index contributed by atoms with van der Waals surface area (Å²) >= 11 is 3.17. The lowest BCUT2D eigenvalue weighted by Crippen LogP contribution is -2.15. The molecule has 0 heterocycles. The normalized spacial score (nSPS) is 10.2. The van der Waals surface area contributed by atoms with Crippen LogP contribution in [0.3, 0.4) is 0 Å². The molecule has 4 nitrogen and oxygen atoms in total. The number of rotatable bonds is 5. The second-order valence-corrected chi connectivity index (χ2v) is 5.18. The number of carbonyl (C=O) groups excluding carboxylic acids is 1. The number of nitrogen functional groups attached to an aromatic ring is 1. The highest BCUT2D eigenvalue weighted by Gasteiger charge is 2.07. The van der Waals surface area contributed by atoms with Gasteiger partial charge in [-0.2, -0.15) is 0 Å². The fourth-order valence-corrected chi connectivity index (χ4v) is 2.16. The molecule has 6 heteroatoms. The first kappa shape index (κ1) is 15.3. The molecule has 2 N–H and O–H groups in total. The number of halogens is 2. The van der Waals surface area contributed by atoms with Gasteiger partial charge in [0.1, 0.15) is 18.2 Å². The first-order valence-corrected chi connectivity index (χ1v) is 6.92. The smallest absolute Gasteiger partial charge is 0.344 e. The molecule has 2 rings (SSSR count). The molecular weight excluding hydrogens is 341 g/mol. The van der Waals surface area contributed by atoms with Crippen molar-refractivity contribution in [2.45, 2.75) is 6.61 Å². The van der Waals surface area contributed by atoms with E-state index < -0.39 is 11.8 Å². The lowest BCUT2D eigenvalue weighted by molar-refractivity contribution is -0.147. The third-order valence-corrected chi connectivity index (χ3v) is 3.04. The topological polar surface area (TPSA) is 61.5 Å². The lowest BCUT2D eigenvalue weighted by atomic mass is 10.2. The third kappa shape index (κ3) is 4.75. The van der Waals surface area contributed by atoms with Crippen molar-refractivity contribution in [3.63, 3.8) is 0 Å². The van der Waals surface area contributed by atoms with Gasteiger partial charge < -0.3 is 15.2 Å². The third-order valence-electron chi connectivity index (χ3n) is 2.59. The predicted octanol–water partition coefficient (Wildman–Crippen LogP) is 3.29. The van der Waals surface area contributed by atoms with Gasteiger partial charge in [-0.3, -0.25) is 0 Å². The van der Waals surface area contributed by atoms with Crippen LogP contribution >= 0.6 is 15.9 Å². The fraction of sp³-hybridized carbons (Fsp3) is 0.133. The molecule has 0 unspecified atom stereocenters. The van der Waals surface area contributed by atoms with Crippen molar-refractivity contribution >= 4 is 27.6 Å². The maximum atomic E-state index is 13.2. The summed E-state index contributed by atoms with van der Waals surface area (Å²) in [5, 5.41) is 0. The van der Waals surface area contributed by atoms with E-state index in [0.29, 0.717) is 21.5 Å². The number of hydrogen-bond donors (Lipinski definition) is 1. The first-order chi connectivity index (χ1) is 10.0. The number of para-hydroxylation sites is 2. The Morgan fingerprint density at radius 2 is 2.00 bits per heavy atom. The average molecular weight is 354 g/mol. The van der Waals surface area contributed by atoms with Crippen LogP contribution in [0.4, 0.5) is 10.1 Å². The molecule has 0 aliphatic rings. The summed E-state index contributed by atoms with van der Waals surface area (Å²) in [6.45, 7) is -0.284. The summed E-state index contributed by atoms with van der Waals surface area (Å²) < 4.78 is 24.0. The molecule has 0 atom stereocenters. The zero-order chi connectivity index (χ0) is 15.2. The maximum absolute atomic E-state index is 13.2. The van der Waals surface area contributed by atoms with Crippen LogP contribution in [0.15, 0.2) is 46.9 Å². The minimum atomic E-state index is -0.557. The molecule has 2 aromatic carbocycles. The van der Waals surface area contributed by atoms with Gasteiger partial charge in [-0.1, -0.05) is 28.1 Å². The highest BCUT2D eigenvalue weighted by Crippen LogP contribution is 2.19. The van der Waals surface area contributed by atoms with Crippen molar-refractivity contribution in [2.24, 2.45) is 0 Å². The monoisotopic (exact) mass is 353 g/mol. The van der Waals surface area contributed by atoms with E-state index in [9.17, 15) is 9.18 Å². The van der Waals surface area contributed by atoms with Gasteiger partial charge in [0.15, 0.2) is 6.61 Å². The van der Waals surface area contributed by atoms with Crippen molar-refractivity contribution in [1.82, 2.24) is 0 Å². The van der Waals surface area contributed by atoms with E-state index in [4.69, 9.17) is 15.2 Å². The highest BCUT2D eigenvalue weighted by molar-refractivity contribution is 9.10. The molecule has 0 spiro atoms. The number of carbonyl (C=O) groups is 1. The van der Waals surface area contributed by atoms with Crippen molar-refractivity contribution < 1.29 is 18.7 Å². The van der Waals surface area contributed by atoms with E-state index >= 15 is 0 Å². The van der Waals surface area contributed by atoms with Crippen molar-refractivity contribution in [3.05, 3.63) is 58.3 Å². The molecule has 110 valence electrons. The Morgan fingerprint density at radius 1 is 1.24 bits per heavy atom. The van der Waals surface area contributed by atoms with Gasteiger partial charge in [0, 0.05) is 4.47 Å². The van der Waals surface area contributed by atoms with Gasteiger partial charge >= 0.3 is 5.97 Å². The van der Waals surface area contributed by atoms with Crippen LogP contribution < -0.4 is 10.5 Å². The Morgan fingerprint density at radius 3 is 2.71 bits per heavy atom. The Labute approximate surface area is 129 Å². The summed E-state index contributed by atoms with van der Waals surface area (Å²) in [6, 6.07) is 11.1. The first-order valence-electron chi connectivity index (χ1n) is 6.12. The molecule has 0 bridgehead atoms. The molecule has 0 radical (unpaired) electrons. The van der Waals surface area contributed by atoms with Crippen LogP contribution in [-0.4, -0.2) is 12.6 Å². The summed E-state index contributed by atoms with van der Waals surface area (Å²) in [5.41, 5.74) is 6.68. The maximum Gasteiger partial charge on any atom is 0.344 e. The fourth-order valence-electron chi connectivity index (χ4n) is 1.65. The van der Waals surface area contributed by atoms with Crippen molar-refractivity contribution in [2.75, 3.05) is 12.3 Å². The van der Waals surface area contributed by atoms with Gasteiger partial charge in [-0.25, -0.2) is 9.18 Å². The summed E-state index contributed by atoms with van der Waals surface area (Å²) in [7, 11) is 0. The number of ether oxygens (including phenoxy) is 2. The molecule has 0 saturated heterocycles. The summed E-state index contributed by atoms with van der Waals surface area (Å²) in [5.74, 6) is -0.537. The van der Waals surface area contributed by atoms with E-state index in [-0.39, 0.29) is 13.2 Å². The highest BCUT2D eigenvalue weighted by atomic mass is 79.9. The molecule has 0 aromatic heterocycles. The van der Waals surface area contributed by atoms with Gasteiger partial charge in [-0.15, -0.1) is 0 Å². The molecule has 0 amide bonds. The number of anilines is 1. The molecular formula is C15H13BrFNO3. The van der Waals surface area contributed by atoms with Gasteiger partial charge in [0.05, 0.1) is 5.69 Å². The quantitative estimate of drug-likeness (QED) is 0.661.